The second-order valence-electron chi connectivity index (χ2n) is 6.57. The molecule has 0 spiro atoms. The highest BCUT2D eigenvalue weighted by molar-refractivity contribution is 6.09. The Morgan fingerprint density at radius 1 is 0.704 bits per heavy atom. The number of nitrogens with one attached hydrogen (secondary N) is 2. The van der Waals surface area contributed by atoms with Crippen LogP contribution in [-0.2, 0) is 0 Å². The monoisotopic (exact) mass is 358 g/mol. The third-order valence-electron chi connectivity index (χ3n) is 4.09. The molecule has 0 aliphatic heterocycles. The van der Waals surface area contributed by atoms with Crippen LogP contribution in [0.3, 0.4) is 0 Å². The number of para-hydroxylation sites is 1. The average Bonchev–Trinajstić information content (AvgIpc) is 2.68. The van der Waals surface area contributed by atoms with Gasteiger partial charge in [0, 0.05) is 11.6 Å². The molecule has 27 heavy (non-hydrogen) atoms. The molecule has 0 saturated heterocycles. The quantitative estimate of drug-likeness (QED) is 0.692. The Bertz CT molecular complexity index is 932. The summed E-state index contributed by atoms with van der Waals surface area (Å²) in [6, 6.07) is 24.4. The fourth-order valence-electron chi connectivity index (χ4n) is 2.77. The molecule has 3 aromatic carbocycles. The van der Waals surface area contributed by atoms with Gasteiger partial charge in [-0.2, -0.15) is 0 Å². The van der Waals surface area contributed by atoms with Crippen LogP contribution in [-0.4, -0.2) is 17.9 Å². The van der Waals surface area contributed by atoms with E-state index in [4.69, 9.17) is 0 Å². The van der Waals surface area contributed by atoms with E-state index in [1.165, 1.54) is 0 Å². The Labute approximate surface area is 159 Å². The largest absolute Gasteiger partial charge is 0.350 e. The molecule has 2 amide bonds. The molecule has 3 rings (SSSR count). The van der Waals surface area contributed by atoms with Gasteiger partial charge < -0.3 is 10.6 Å². The first-order valence-electron chi connectivity index (χ1n) is 8.91. The molecule has 2 N–H and O–H groups in total. The van der Waals surface area contributed by atoms with Crippen LogP contribution in [0.15, 0.2) is 78.9 Å². The molecule has 136 valence electrons. The van der Waals surface area contributed by atoms with Crippen molar-refractivity contribution in [2.45, 2.75) is 19.9 Å². The van der Waals surface area contributed by atoms with Gasteiger partial charge in [0.2, 0.25) is 0 Å². The van der Waals surface area contributed by atoms with E-state index >= 15 is 0 Å². The average molecular weight is 358 g/mol. The summed E-state index contributed by atoms with van der Waals surface area (Å²) < 4.78 is 0. The Hall–Kier alpha value is -3.40. The van der Waals surface area contributed by atoms with Crippen LogP contribution in [0.4, 0.5) is 5.69 Å². The molecule has 0 bridgehead atoms. The summed E-state index contributed by atoms with van der Waals surface area (Å²) in [5, 5.41) is 5.69. The summed E-state index contributed by atoms with van der Waals surface area (Å²) in [6.07, 6.45) is 0. The van der Waals surface area contributed by atoms with Crippen molar-refractivity contribution in [3.05, 3.63) is 90.0 Å². The van der Waals surface area contributed by atoms with E-state index in [1.54, 1.807) is 36.4 Å². The zero-order valence-corrected chi connectivity index (χ0v) is 15.4. The summed E-state index contributed by atoms with van der Waals surface area (Å²) in [5.41, 5.74) is 3.62. The highest BCUT2D eigenvalue weighted by Crippen LogP contribution is 2.21. The van der Waals surface area contributed by atoms with Crippen molar-refractivity contribution < 1.29 is 9.59 Å². The first-order chi connectivity index (χ1) is 13.0. The molecule has 0 aromatic heterocycles. The Morgan fingerprint density at radius 3 is 1.96 bits per heavy atom. The van der Waals surface area contributed by atoms with E-state index in [0.29, 0.717) is 16.8 Å². The third-order valence-corrected chi connectivity index (χ3v) is 4.09. The van der Waals surface area contributed by atoms with Gasteiger partial charge in [-0.3, -0.25) is 9.59 Å². The van der Waals surface area contributed by atoms with E-state index in [1.807, 2.05) is 56.3 Å². The number of amides is 2. The van der Waals surface area contributed by atoms with Gasteiger partial charge in [-0.15, -0.1) is 0 Å². The maximum Gasteiger partial charge on any atom is 0.255 e. The SMILES string of the molecule is CC(C)NC(=O)c1ccccc1NC(=O)c1ccc(-c2ccccc2)cc1. The van der Waals surface area contributed by atoms with Gasteiger partial charge in [0.25, 0.3) is 11.8 Å². The molecule has 3 aromatic rings. The lowest BCUT2D eigenvalue weighted by Crippen LogP contribution is -2.31. The zero-order valence-electron chi connectivity index (χ0n) is 15.4. The van der Waals surface area contributed by atoms with Gasteiger partial charge >= 0.3 is 0 Å². The fraction of sp³-hybridized carbons (Fsp3) is 0.130. The Balaban J connectivity index is 1.77. The predicted molar refractivity (Wildman–Crippen MR) is 109 cm³/mol. The van der Waals surface area contributed by atoms with Crippen LogP contribution in [0.5, 0.6) is 0 Å². The summed E-state index contributed by atoms with van der Waals surface area (Å²) in [7, 11) is 0. The molecule has 0 unspecified atom stereocenters. The molecule has 4 heteroatoms. The number of carbonyl (C=O) groups excluding carboxylic acids is 2. The number of rotatable bonds is 5. The van der Waals surface area contributed by atoms with Crippen molar-refractivity contribution >= 4 is 17.5 Å². The van der Waals surface area contributed by atoms with Crippen LogP contribution >= 0.6 is 0 Å². The Morgan fingerprint density at radius 2 is 1.30 bits per heavy atom. The molecule has 0 aliphatic carbocycles. The van der Waals surface area contributed by atoms with Gasteiger partial charge in [-0.05, 0) is 49.2 Å². The van der Waals surface area contributed by atoms with Gasteiger partial charge in [-0.25, -0.2) is 0 Å². The van der Waals surface area contributed by atoms with Crippen molar-refractivity contribution in [3.8, 4) is 11.1 Å². The summed E-state index contributed by atoms with van der Waals surface area (Å²) in [5.74, 6) is -0.459. The van der Waals surface area contributed by atoms with Gasteiger partial charge in [0.05, 0.1) is 11.3 Å². The standard InChI is InChI=1S/C23H22N2O2/c1-16(2)24-23(27)20-10-6-7-11-21(20)25-22(26)19-14-12-18(13-15-19)17-8-4-3-5-9-17/h3-16H,1-2H3,(H,24,27)(H,25,26). The van der Waals surface area contributed by atoms with E-state index in [9.17, 15) is 9.59 Å². The number of hydrogen-bond acceptors (Lipinski definition) is 2. The minimum Gasteiger partial charge on any atom is -0.350 e. The molecule has 0 heterocycles. The molecule has 4 nitrogen and oxygen atoms in total. The minimum atomic E-state index is -0.251. The summed E-state index contributed by atoms with van der Waals surface area (Å²) in [4.78, 5) is 24.9. The first-order valence-corrected chi connectivity index (χ1v) is 8.91. The molecule has 0 saturated carbocycles. The zero-order chi connectivity index (χ0) is 19.2. The second kappa shape index (κ2) is 8.32. The number of carbonyl (C=O) groups is 2. The van der Waals surface area contributed by atoms with Crippen LogP contribution in [0.1, 0.15) is 34.6 Å². The lowest BCUT2D eigenvalue weighted by molar-refractivity contribution is 0.0944. The summed E-state index contributed by atoms with van der Waals surface area (Å²) >= 11 is 0. The third kappa shape index (κ3) is 4.61. The van der Waals surface area contributed by atoms with Gasteiger partial charge in [0.1, 0.15) is 0 Å². The number of anilines is 1. The smallest absolute Gasteiger partial charge is 0.255 e. The van der Waals surface area contributed by atoms with Crippen molar-refractivity contribution in [2.75, 3.05) is 5.32 Å². The molecular weight excluding hydrogens is 336 g/mol. The van der Waals surface area contributed by atoms with Crippen molar-refractivity contribution in [1.29, 1.82) is 0 Å². The van der Waals surface area contributed by atoms with Gasteiger partial charge in [0.15, 0.2) is 0 Å². The van der Waals surface area contributed by atoms with Gasteiger partial charge in [-0.1, -0.05) is 54.6 Å². The topological polar surface area (TPSA) is 58.2 Å². The lowest BCUT2D eigenvalue weighted by Gasteiger charge is -2.13. The van der Waals surface area contributed by atoms with Crippen molar-refractivity contribution in [3.63, 3.8) is 0 Å². The summed E-state index contributed by atoms with van der Waals surface area (Å²) in [6.45, 7) is 3.79. The number of benzene rings is 3. The maximum absolute atomic E-state index is 12.6. The molecule has 0 atom stereocenters. The minimum absolute atomic E-state index is 0.0202. The van der Waals surface area contributed by atoms with Crippen molar-refractivity contribution in [1.82, 2.24) is 5.32 Å². The molecule has 0 aliphatic rings. The first kappa shape index (κ1) is 18.4. The maximum atomic E-state index is 12.6. The van der Waals surface area contributed by atoms with Crippen LogP contribution in [0, 0.1) is 0 Å². The Kier molecular flexibility index (Phi) is 5.67. The van der Waals surface area contributed by atoms with E-state index in [2.05, 4.69) is 10.6 Å². The van der Waals surface area contributed by atoms with E-state index < -0.39 is 0 Å². The fourth-order valence-corrected chi connectivity index (χ4v) is 2.77. The predicted octanol–water partition coefficient (Wildman–Crippen LogP) is 4.74. The second-order valence-corrected chi connectivity index (χ2v) is 6.57. The van der Waals surface area contributed by atoms with E-state index in [-0.39, 0.29) is 17.9 Å². The van der Waals surface area contributed by atoms with E-state index in [0.717, 1.165) is 11.1 Å². The molecule has 0 fully saturated rings. The molecular formula is C23H22N2O2. The van der Waals surface area contributed by atoms with Crippen molar-refractivity contribution in [2.24, 2.45) is 0 Å². The lowest BCUT2D eigenvalue weighted by atomic mass is 10.0. The number of hydrogen-bond donors (Lipinski definition) is 2. The normalized spacial score (nSPS) is 10.5. The van der Waals surface area contributed by atoms with Crippen LogP contribution < -0.4 is 10.6 Å². The highest BCUT2D eigenvalue weighted by Gasteiger charge is 2.14. The van der Waals surface area contributed by atoms with Crippen LogP contribution in [0.2, 0.25) is 0 Å². The highest BCUT2D eigenvalue weighted by atomic mass is 16.2. The molecule has 0 radical (unpaired) electrons. The van der Waals surface area contributed by atoms with Crippen LogP contribution in [0.25, 0.3) is 11.1 Å².